The number of benzene rings is 1. The highest BCUT2D eigenvalue weighted by atomic mass is 16.5. The summed E-state index contributed by atoms with van der Waals surface area (Å²) in [6.07, 6.45) is 2.83. The van der Waals surface area contributed by atoms with E-state index in [1.807, 2.05) is 0 Å². The summed E-state index contributed by atoms with van der Waals surface area (Å²) in [5.41, 5.74) is 1.38. The Morgan fingerprint density at radius 2 is 1.95 bits per heavy atom. The van der Waals surface area contributed by atoms with Crippen LogP contribution in [0.1, 0.15) is 38.3 Å². The van der Waals surface area contributed by atoms with Gasteiger partial charge in [0.05, 0.1) is 7.11 Å². The summed E-state index contributed by atoms with van der Waals surface area (Å²) in [6.45, 7) is 6.95. The van der Waals surface area contributed by atoms with E-state index in [2.05, 4.69) is 48.3 Å². The van der Waals surface area contributed by atoms with Crippen molar-refractivity contribution in [3.8, 4) is 5.75 Å². The normalized spacial score (nSPS) is 29.1. The topological polar surface area (TPSA) is 24.5 Å². The third-order valence-corrected chi connectivity index (χ3v) is 4.94. The highest BCUT2D eigenvalue weighted by Gasteiger charge is 2.37. The zero-order valence-corrected chi connectivity index (χ0v) is 12.8. The van der Waals surface area contributed by atoms with Crippen LogP contribution in [-0.4, -0.2) is 37.2 Å². The van der Waals surface area contributed by atoms with Gasteiger partial charge in [0.15, 0.2) is 0 Å². The van der Waals surface area contributed by atoms with E-state index in [1.54, 1.807) is 7.11 Å². The van der Waals surface area contributed by atoms with Gasteiger partial charge in [-0.2, -0.15) is 0 Å². The number of ether oxygens (including phenoxy) is 1. The zero-order chi connectivity index (χ0) is 14.1. The second-order valence-electron chi connectivity index (χ2n) is 6.35. The fourth-order valence-electron chi connectivity index (χ4n) is 3.34. The molecule has 0 amide bonds. The van der Waals surface area contributed by atoms with Gasteiger partial charge in [0.2, 0.25) is 0 Å². The van der Waals surface area contributed by atoms with Crippen LogP contribution in [0, 0.1) is 5.92 Å². The molecule has 3 unspecified atom stereocenters. The molecule has 2 fully saturated rings. The summed E-state index contributed by atoms with van der Waals surface area (Å²) in [6, 6.07) is 10.3. The lowest BCUT2D eigenvalue weighted by molar-refractivity contribution is 0.0924. The van der Waals surface area contributed by atoms with Gasteiger partial charge in [-0.3, -0.25) is 4.90 Å². The van der Waals surface area contributed by atoms with Crippen LogP contribution in [0.25, 0.3) is 0 Å². The van der Waals surface area contributed by atoms with E-state index in [0.717, 1.165) is 18.2 Å². The molecule has 1 N–H and O–H groups in total. The SMILES string of the molecule is COc1ccc(C(C)N2CC(C3CC3)NCC2C)cc1. The third-order valence-electron chi connectivity index (χ3n) is 4.94. The minimum Gasteiger partial charge on any atom is -0.497 e. The predicted molar refractivity (Wildman–Crippen MR) is 82.1 cm³/mol. The summed E-state index contributed by atoms with van der Waals surface area (Å²) in [5.74, 6) is 1.86. The molecule has 1 heterocycles. The van der Waals surface area contributed by atoms with Crippen molar-refractivity contribution in [2.24, 2.45) is 5.92 Å². The number of piperazine rings is 1. The van der Waals surface area contributed by atoms with Gasteiger partial charge in [-0.1, -0.05) is 12.1 Å². The number of hydrogen-bond donors (Lipinski definition) is 1. The Morgan fingerprint density at radius 1 is 1.25 bits per heavy atom. The summed E-state index contributed by atoms with van der Waals surface area (Å²) < 4.78 is 5.25. The lowest BCUT2D eigenvalue weighted by atomic mass is 10.00. The molecule has 1 saturated carbocycles. The Morgan fingerprint density at radius 3 is 2.55 bits per heavy atom. The van der Waals surface area contributed by atoms with E-state index < -0.39 is 0 Å². The van der Waals surface area contributed by atoms with Gasteiger partial charge in [0.25, 0.3) is 0 Å². The molecule has 1 aliphatic heterocycles. The Labute approximate surface area is 122 Å². The van der Waals surface area contributed by atoms with E-state index >= 15 is 0 Å². The Bertz CT molecular complexity index is 441. The van der Waals surface area contributed by atoms with Gasteiger partial charge >= 0.3 is 0 Å². The molecule has 20 heavy (non-hydrogen) atoms. The highest BCUT2D eigenvalue weighted by molar-refractivity contribution is 5.29. The summed E-state index contributed by atoms with van der Waals surface area (Å²) in [4.78, 5) is 2.65. The Kier molecular flexibility index (Phi) is 3.99. The molecule has 0 radical (unpaired) electrons. The molecule has 2 aliphatic rings. The van der Waals surface area contributed by atoms with Crippen molar-refractivity contribution >= 4 is 0 Å². The van der Waals surface area contributed by atoms with Gasteiger partial charge in [-0.15, -0.1) is 0 Å². The van der Waals surface area contributed by atoms with Gasteiger partial charge in [0, 0.05) is 31.2 Å². The van der Waals surface area contributed by atoms with Crippen molar-refractivity contribution in [3.05, 3.63) is 29.8 Å². The maximum Gasteiger partial charge on any atom is 0.118 e. The summed E-state index contributed by atoms with van der Waals surface area (Å²) >= 11 is 0. The highest BCUT2D eigenvalue weighted by Crippen LogP contribution is 2.36. The number of methoxy groups -OCH3 is 1. The van der Waals surface area contributed by atoms with Gasteiger partial charge < -0.3 is 10.1 Å². The van der Waals surface area contributed by atoms with E-state index in [4.69, 9.17) is 4.74 Å². The largest absolute Gasteiger partial charge is 0.497 e. The molecule has 1 aliphatic carbocycles. The first-order valence-corrected chi connectivity index (χ1v) is 7.82. The summed E-state index contributed by atoms with van der Waals surface area (Å²) in [7, 11) is 1.72. The van der Waals surface area contributed by atoms with Gasteiger partial charge in [0.1, 0.15) is 5.75 Å². The fourth-order valence-corrected chi connectivity index (χ4v) is 3.34. The minimum atomic E-state index is 0.472. The lowest BCUT2D eigenvalue weighted by Gasteiger charge is -2.42. The second-order valence-corrected chi connectivity index (χ2v) is 6.35. The molecule has 3 atom stereocenters. The fraction of sp³-hybridized carbons (Fsp3) is 0.647. The first-order valence-electron chi connectivity index (χ1n) is 7.82. The quantitative estimate of drug-likeness (QED) is 0.913. The molecule has 1 aromatic carbocycles. The molecule has 3 rings (SSSR count). The number of rotatable bonds is 4. The van der Waals surface area contributed by atoms with E-state index in [1.165, 1.54) is 24.9 Å². The third kappa shape index (κ3) is 2.84. The molecule has 1 saturated heterocycles. The molecule has 0 aromatic heterocycles. The van der Waals surface area contributed by atoms with Crippen molar-refractivity contribution < 1.29 is 4.74 Å². The minimum absolute atomic E-state index is 0.472. The lowest BCUT2D eigenvalue weighted by Crippen LogP contribution is -2.56. The smallest absolute Gasteiger partial charge is 0.118 e. The molecule has 0 spiro atoms. The molecular formula is C17H26N2O. The van der Waals surface area contributed by atoms with Crippen molar-refractivity contribution in [1.82, 2.24) is 10.2 Å². The standard InChI is InChI=1S/C17H26N2O/c1-12-10-18-17(15-4-5-15)11-19(12)13(2)14-6-8-16(20-3)9-7-14/h6-9,12-13,15,17-18H,4-5,10-11H2,1-3H3. The van der Waals surface area contributed by atoms with E-state index in [0.29, 0.717) is 18.1 Å². The molecule has 0 bridgehead atoms. The number of nitrogens with one attached hydrogen (secondary N) is 1. The number of hydrogen-bond acceptors (Lipinski definition) is 3. The van der Waals surface area contributed by atoms with Crippen LogP contribution in [0.15, 0.2) is 24.3 Å². The van der Waals surface area contributed by atoms with Crippen molar-refractivity contribution in [2.45, 2.75) is 44.8 Å². The molecule has 1 aromatic rings. The van der Waals surface area contributed by atoms with E-state index in [9.17, 15) is 0 Å². The molecule has 3 nitrogen and oxygen atoms in total. The van der Waals surface area contributed by atoms with Crippen LogP contribution in [0.3, 0.4) is 0 Å². The molecule has 110 valence electrons. The monoisotopic (exact) mass is 274 g/mol. The Balaban J connectivity index is 1.71. The van der Waals surface area contributed by atoms with Gasteiger partial charge in [-0.05, 0) is 50.3 Å². The maximum atomic E-state index is 5.25. The molecular weight excluding hydrogens is 248 g/mol. The van der Waals surface area contributed by atoms with Crippen LogP contribution in [-0.2, 0) is 0 Å². The second kappa shape index (κ2) is 5.74. The predicted octanol–water partition coefficient (Wildman–Crippen LogP) is 2.83. The number of nitrogens with zero attached hydrogens (tertiary/aromatic N) is 1. The van der Waals surface area contributed by atoms with Gasteiger partial charge in [-0.25, -0.2) is 0 Å². The van der Waals surface area contributed by atoms with Crippen LogP contribution in [0.2, 0.25) is 0 Å². The van der Waals surface area contributed by atoms with Crippen molar-refractivity contribution in [1.29, 1.82) is 0 Å². The van der Waals surface area contributed by atoms with Crippen molar-refractivity contribution in [2.75, 3.05) is 20.2 Å². The van der Waals surface area contributed by atoms with Crippen LogP contribution in [0.5, 0.6) is 5.75 Å². The van der Waals surface area contributed by atoms with E-state index in [-0.39, 0.29) is 0 Å². The van der Waals surface area contributed by atoms with Crippen molar-refractivity contribution in [3.63, 3.8) is 0 Å². The molecule has 3 heteroatoms. The first kappa shape index (κ1) is 13.9. The average molecular weight is 274 g/mol. The maximum absolute atomic E-state index is 5.25. The first-order chi connectivity index (χ1) is 9.69. The van der Waals surface area contributed by atoms with Crippen LogP contribution >= 0.6 is 0 Å². The average Bonchev–Trinajstić information content (AvgIpc) is 3.32. The van der Waals surface area contributed by atoms with Crippen LogP contribution < -0.4 is 10.1 Å². The Hall–Kier alpha value is -1.06. The zero-order valence-electron chi connectivity index (χ0n) is 12.8. The van der Waals surface area contributed by atoms with Crippen LogP contribution in [0.4, 0.5) is 0 Å². The summed E-state index contributed by atoms with van der Waals surface area (Å²) in [5, 5.41) is 3.72.